The zero-order chi connectivity index (χ0) is 18.7. The number of halogens is 1. The third kappa shape index (κ3) is 3.66. The molecule has 3 aromatic rings. The zero-order valence-electron chi connectivity index (χ0n) is 13.5. The second kappa shape index (κ2) is 7.25. The smallest absolute Gasteiger partial charge is 0.444 e. The summed E-state index contributed by atoms with van der Waals surface area (Å²) in [6.07, 6.45) is -0.298. The Kier molecular flexibility index (Phi) is 4.87. The summed E-state index contributed by atoms with van der Waals surface area (Å²) < 4.78 is 28.6. The van der Waals surface area contributed by atoms with Crippen LogP contribution in [0.25, 0.3) is 5.69 Å². The van der Waals surface area contributed by atoms with E-state index < -0.39 is 11.0 Å². The number of aromatic nitrogens is 2. The maximum absolute atomic E-state index is 12.9. The van der Waals surface area contributed by atoms with E-state index in [1.807, 2.05) is 0 Å². The second-order valence-electron chi connectivity index (χ2n) is 5.09. The SMILES string of the molecule is COc1nn(-c2ccc(OCc3ccc(F)cc3)cc2N([O-])O)c(=O)o1. The predicted molar refractivity (Wildman–Crippen MR) is 87.0 cm³/mol. The Hall–Kier alpha value is -3.37. The molecule has 0 fully saturated rings. The van der Waals surface area contributed by atoms with E-state index in [1.54, 1.807) is 12.1 Å². The number of nitrogens with zero attached hydrogens (tertiary/aromatic N) is 3. The Bertz CT molecular complexity index is 951. The molecular weight excluding hydrogens is 349 g/mol. The molecular formula is C16H13FN3O6-. The van der Waals surface area contributed by atoms with Gasteiger partial charge in [-0.1, -0.05) is 17.2 Å². The van der Waals surface area contributed by atoms with Crippen LogP contribution < -0.4 is 20.5 Å². The fourth-order valence-electron chi connectivity index (χ4n) is 2.17. The van der Waals surface area contributed by atoms with Gasteiger partial charge in [-0.2, -0.15) is 4.68 Å². The van der Waals surface area contributed by atoms with E-state index in [0.717, 1.165) is 4.68 Å². The van der Waals surface area contributed by atoms with Gasteiger partial charge >= 0.3 is 11.8 Å². The van der Waals surface area contributed by atoms with Crippen LogP contribution in [0.3, 0.4) is 0 Å². The molecule has 1 heterocycles. The minimum atomic E-state index is -0.898. The average Bonchev–Trinajstić information content (AvgIpc) is 3.02. The maximum atomic E-state index is 12.9. The van der Waals surface area contributed by atoms with Gasteiger partial charge in [-0.05, 0) is 29.8 Å². The molecule has 136 valence electrons. The summed E-state index contributed by atoms with van der Waals surface area (Å²) in [6, 6.07) is 9.74. The second-order valence-corrected chi connectivity index (χ2v) is 5.09. The number of anilines is 1. The number of ether oxygens (including phenoxy) is 2. The normalized spacial score (nSPS) is 10.6. The molecule has 0 aliphatic heterocycles. The van der Waals surface area contributed by atoms with Crippen molar-refractivity contribution in [2.45, 2.75) is 6.61 Å². The Balaban J connectivity index is 1.87. The number of hydrogen-bond donors (Lipinski definition) is 1. The van der Waals surface area contributed by atoms with Crippen LogP contribution in [0.5, 0.6) is 11.8 Å². The Morgan fingerprint density at radius 1 is 1.31 bits per heavy atom. The molecule has 9 nitrogen and oxygen atoms in total. The number of benzene rings is 2. The lowest BCUT2D eigenvalue weighted by Gasteiger charge is -2.24. The highest BCUT2D eigenvalue weighted by Gasteiger charge is 2.15. The summed E-state index contributed by atoms with van der Waals surface area (Å²) in [4.78, 5) is 11.8. The molecule has 1 N–H and O–H groups in total. The lowest BCUT2D eigenvalue weighted by atomic mass is 10.2. The first-order valence-electron chi connectivity index (χ1n) is 7.30. The van der Waals surface area contributed by atoms with Gasteiger partial charge in [-0.15, -0.1) is 0 Å². The Labute approximate surface area is 145 Å². The summed E-state index contributed by atoms with van der Waals surface area (Å²) in [7, 11) is 1.26. The number of methoxy groups -OCH3 is 1. The van der Waals surface area contributed by atoms with Crippen LogP contribution in [0.15, 0.2) is 51.7 Å². The lowest BCUT2D eigenvalue weighted by molar-refractivity contribution is 0.282. The summed E-state index contributed by atoms with van der Waals surface area (Å²) in [6.45, 7) is 0.112. The van der Waals surface area contributed by atoms with Crippen molar-refractivity contribution in [2.24, 2.45) is 0 Å². The standard InChI is InChI=1S/C16H13FN3O6/c1-24-15-18-19(16(21)26-15)13-7-6-12(8-14(13)20(22)23)25-9-10-2-4-11(17)5-3-10/h2-8,22H,9H2,1H3/q-1. The van der Waals surface area contributed by atoms with Gasteiger partial charge in [0, 0.05) is 6.07 Å². The number of hydrogen-bond acceptors (Lipinski definition) is 8. The van der Waals surface area contributed by atoms with Gasteiger partial charge in [0.1, 0.15) is 18.2 Å². The lowest BCUT2D eigenvalue weighted by Crippen LogP contribution is -2.18. The van der Waals surface area contributed by atoms with E-state index in [1.165, 1.54) is 37.4 Å². The number of rotatable bonds is 6. The van der Waals surface area contributed by atoms with Gasteiger partial charge < -0.3 is 24.3 Å². The monoisotopic (exact) mass is 362 g/mol. The third-order valence-corrected chi connectivity index (χ3v) is 3.40. The molecule has 0 saturated carbocycles. The van der Waals surface area contributed by atoms with Crippen LogP contribution >= 0.6 is 0 Å². The summed E-state index contributed by atoms with van der Waals surface area (Å²) >= 11 is 0. The summed E-state index contributed by atoms with van der Waals surface area (Å²) in [5, 5.41) is 24.1. The minimum Gasteiger partial charge on any atom is -0.733 e. The largest absolute Gasteiger partial charge is 0.733 e. The fraction of sp³-hybridized carbons (Fsp3) is 0.125. The highest BCUT2D eigenvalue weighted by Crippen LogP contribution is 2.28. The zero-order valence-corrected chi connectivity index (χ0v) is 13.5. The molecule has 0 spiro atoms. The molecule has 0 aliphatic rings. The minimum absolute atomic E-state index is 0.0336. The molecule has 3 rings (SSSR count). The van der Waals surface area contributed by atoms with Crippen molar-refractivity contribution in [3.63, 3.8) is 0 Å². The van der Waals surface area contributed by atoms with Crippen LogP contribution in [0, 0.1) is 11.0 Å². The highest BCUT2D eigenvalue weighted by molar-refractivity contribution is 5.64. The van der Waals surface area contributed by atoms with Crippen molar-refractivity contribution in [1.29, 1.82) is 0 Å². The van der Waals surface area contributed by atoms with Gasteiger partial charge in [0.05, 0.1) is 18.5 Å². The van der Waals surface area contributed by atoms with Gasteiger partial charge in [0.25, 0.3) is 0 Å². The van der Waals surface area contributed by atoms with Crippen molar-refractivity contribution in [1.82, 2.24) is 9.78 Å². The van der Waals surface area contributed by atoms with E-state index in [9.17, 15) is 19.6 Å². The molecule has 0 bridgehead atoms. The quantitative estimate of drug-likeness (QED) is 0.664. The van der Waals surface area contributed by atoms with Crippen molar-refractivity contribution in [3.05, 3.63) is 69.6 Å². The van der Waals surface area contributed by atoms with E-state index in [4.69, 9.17) is 13.9 Å². The molecule has 2 aromatic carbocycles. The predicted octanol–water partition coefficient (Wildman–Crippen LogP) is 2.25. The van der Waals surface area contributed by atoms with Gasteiger partial charge in [0.15, 0.2) is 0 Å². The molecule has 0 unspecified atom stereocenters. The topological polar surface area (TPSA) is 113 Å². The molecule has 0 aliphatic carbocycles. The molecule has 10 heteroatoms. The van der Waals surface area contributed by atoms with Crippen LogP contribution in [0.4, 0.5) is 10.1 Å². The summed E-state index contributed by atoms with van der Waals surface area (Å²) in [5.74, 6) is -1.02. The van der Waals surface area contributed by atoms with E-state index in [0.29, 0.717) is 5.56 Å². The van der Waals surface area contributed by atoms with Crippen molar-refractivity contribution < 1.29 is 23.5 Å². The van der Waals surface area contributed by atoms with Crippen LogP contribution in [-0.2, 0) is 6.61 Å². The Morgan fingerprint density at radius 2 is 2.04 bits per heavy atom. The summed E-state index contributed by atoms with van der Waals surface area (Å²) in [5.41, 5.74) is 0.380. The van der Waals surface area contributed by atoms with Gasteiger partial charge in [-0.25, -0.2) is 9.18 Å². The van der Waals surface area contributed by atoms with Crippen LogP contribution in [-0.4, -0.2) is 22.1 Å². The van der Waals surface area contributed by atoms with Crippen molar-refractivity contribution in [2.75, 3.05) is 12.3 Å². The molecule has 0 atom stereocenters. The van der Waals surface area contributed by atoms with E-state index >= 15 is 0 Å². The molecule has 26 heavy (non-hydrogen) atoms. The van der Waals surface area contributed by atoms with Crippen LogP contribution in [0.1, 0.15) is 5.56 Å². The first-order valence-corrected chi connectivity index (χ1v) is 7.30. The molecule has 0 saturated heterocycles. The van der Waals surface area contributed by atoms with Gasteiger partial charge in [-0.3, -0.25) is 5.21 Å². The highest BCUT2D eigenvalue weighted by atomic mass is 19.1. The first-order chi connectivity index (χ1) is 12.5. The maximum Gasteiger partial charge on any atom is 0.444 e. The molecule has 0 radical (unpaired) electrons. The van der Waals surface area contributed by atoms with E-state index in [-0.39, 0.29) is 35.6 Å². The van der Waals surface area contributed by atoms with Crippen LogP contribution in [0.2, 0.25) is 0 Å². The third-order valence-electron chi connectivity index (χ3n) is 3.40. The fourth-order valence-corrected chi connectivity index (χ4v) is 2.17. The Morgan fingerprint density at radius 3 is 2.65 bits per heavy atom. The first kappa shape index (κ1) is 17.5. The van der Waals surface area contributed by atoms with E-state index in [2.05, 4.69) is 5.10 Å². The van der Waals surface area contributed by atoms with Crippen molar-refractivity contribution in [3.8, 4) is 17.5 Å². The molecule has 1 aromatic heterocycles. The van der Waals surface area contributed by atoms with Crippen molar-refractivity contribution >= 4 is 5.69 Å². The average molecular weight is 362 g/mol. The molecule has 0 amide bonds. The van der Waals surface area contributed by atoms with Gasteiger partial charge in [0.2, 0.25) is 0 Å².